The van der Waals surface area contributed by atoms with Crippen LogP contribution in [-0.2, 0) is 46.5 Å². The van der Waals surface area contributed by atoms with Crippen molar-refractivity contribution in [3.05, 3.63) is 52.7 Å². The lowest BCUT2D eigenvalue weighted by atomic mass is 10.0. The van der Waals surface area contributed by atoms with Crippen molar-refractivity contribution in [1.29, 1.82) is 0 Å². The number of carbonyl (C=O) groups excluding carboxylic acids is 4. The van der Waals surface area contributed by atoms with Gasteiger partial charge >= 0.3 is 35.9 Å². The zero-order valence-electron chi connectivity index (χ0n) is 35.6. The Labute approximate surface area is 380 Å². The molecule has 0 bridgehead atoms. The lowest BCUT2D eigenvalue weighted by Crippen LogP contribution is -2.48. The Kier molecular flexibility index (Phi) is 20.4. The SMILES string of the molecule is O=C(O)CNC(=O)NC(CCCCNC(=O)C(Cc1csc2ccccc12)NC(=O)c1cc(CNC(=O)/C2=N\CCN(CC(=O)O)CCN(CC(=O)O)CCN(CC(=O)O)C2)on1)C(=O)O. The van der Waals surface area contributed by atoms with E-state index in [4.69, 9.17) is 9.63 Å². The molecule has 3 aromatic rings. The first-order valence-electron chi connectivity index (χ1n) is 20.6. The standard InChI is InChI=1S/C40H52N10O15S/c51-32(52)18-44-40(64)46-27(39(62)63)6-3-4-8-42-36(59)28(15-24-23-66-31-7-2-1-5-26(24)31)45-38(61)29-16-25(65-47-29)17-43-37(60)30-19-50(22-35(57)58)14-13-49(21-34(55)56)12-11-48(10-9-41-30)20-33(53)54/h1-2,5,7,16,23,27-28H,3-4,6,8-15,17-22H2,(H,42,59)(H,43,60)(H,45,61)(H,51,52)(H,53,54)(H,55,56)(H,57,58)(H,62,63)(H2,44,46,64)/b41-30-. The summed E-state index contributed by atoms with van der Waals surface area (Å²) >= 11 is 1.45. The molecule has 0 aliphatic carbocycles. The minimum absolute atomic E-state index is 0.0264. The molecule has 3 heterocycles. The highest BCUT2D eigenvalue weighted by Gasteiger charge is 2.27. The highest BCUT2D eigenvalue weighted by atomic mass is 32.1. The number of benzene rings is 1. The van der Waals surface area contributed by atoms with Crippen LogP contribution < -0.4 is 26.6 Å². The molecular weight excluding hydrogens is 893 g/mol. The lowest BCUT2D eigenvalue weighted by molar-refractivity contribution is -0.140. The van der Waals surface area contributed by atoms with Gasteiger partial charge in [0, 0.05) is 63.0 Å². The van der Waals surface area contributed by atoms with Crippen molar-refractivity contribution in [2.24, 2.45) is 4.99 Å². The van der Waals surface area contributed by atoms with Crippen LogP contribution in [0.2, 0.25) is 0 Å². The molecule has 2 aromatic heterocycles. The number of carboxylic acids is 5. The van der Waals surface area contributed by atoms with Gasteiger partial charge in [0.05, 0.1) is 32.7 Å². The molecule has 5 amide bonds. The number of urea groups is 1. The maximum atomic E-state index is 13.6. The third-order valence-corrected chi connectivity index (χ3v) is 11.0. The van der Waals surface area contributed by atoms with Crippen LogP contribution in [0, 0.1) is 0 Å². The van der Waals surface area contributed by atoms with Crippen molar-refractivity contribution in [3.63, 3.8) is 0 Å². The number of amides is 5. The van der Waals surface area contributed by atoms with E-state index in [1.54, 1.807) is 9.80 Å². The topological polar surface area (TPSA) is 363 Å². The summed E-state index contributed by atoms with van der Waals surface area (Å²) in [6, 6.07) is 5.34. The second-order valence-corrected chi connectivity index (χ2v) is 15.9. The summed E-state index contributed by atoms with van der Waals surface area (Å²) in [5.74, 6) is -8.13. The van der Waals surface area contributed by atoms with E-state index in [1.165, 1.54) is 22.3 Å². The van der Waals surface area contributed by atoms with Crippen molar-refractivity contribution in [2.45, 2.75) is 44.3 Å². The molecule has 0 saturated carbocycles. The van der Waals surface area contributed by atoms with Gasteiger partial charge < -0.3 is 56.6 Å². The highest BCUT2D eigenvalue weighted by molar-refractivity contribution is 7.17. The van der Waals surface area contributed by atoms with E-state index in [1.807, 2.05) is 35.0 Å². The molecule has 0 radical (unpaired) electrons. The van der Waals surface area contributed by atoms with E-state index in [-0.39, 0.29) is 115 Å². The van der Waals surface area contributed by atoms with Crippen molar-refractivity contribution in [2.75, 3.05) is 78.5 Å². The minimum Gasteiger partial charge on any atom is -0.480 e. The van der Waals surface area contributed by atoms with Gasteiger partial charge in [-0.05, 0) is 41.7 Å². The molecule has 0 saturated heterocycles. The van der Waals surface area contributed by atoms with Crippen molar-refractivity contribution < 1.29 is 73.2 Å². The first-order chi connectivity index (χ1) is 31.5. The second-order valence-electron chi connectivity index (χ2n) is 15.0. The van der Waals surface area contributed by atoms with Gasteiger partial charge in [-0.15, -0.1) is 11.3 Å². The molecule has 1 aromatic carbocycles. The normalized spacial score (nSPS) is 16.0. The van der Waals surface area contributed by atoms with Crippen molar-refractivity contribution >= 4 is 80.7 Å². The maximum Gasteiger partial charge on any atom is 0.326 e. The fourth-order valence-corrected chi connectivity index (χ4v) is 7.66. The van der Waals surface area contributed by atoms with Gasteiger partial charge in [-0.3, -0.25) is 53.3 Å². The monoisotopic (exact) mass is 944 g/mol. The molecule has 66 heavy (non-hydrogen) atoms. The minimum atomic E-state index is -1.33. The zero-order chi connectivity index (χ0) is 48.2. The van der Waals surface area contributed by atoms with Crippen LogP contribution in [-0.4, -0.2) is 195 Å². The number of unbranched alkanes of at least 4 members (excludes halogenated alkanes) is 1. The average Bonchev–Trinajstić information content (AvgIpc) is 3.90. The fraction of sp³-hybridized carbons (Fsp3) is 0.475. The number of fused-ring (bicyclic) bond motifs is 1. The van der Waals surface area contributed by atoms with Gasteiger partial charge in [0.25, 0.3) is 11.8 Å². The molecule has 358 valence electrons. The molecule has 0 spiro atoms. The number of hydrogen-bond donors (Lipinski definition) is 10. The van der Waals surface area contributed by atoms with E-state index >= 15 is 0 Å². The number of rotatable bonds is 23. The van der Waals surface area contributed by atoms with E-state index in [0.29, 0.717) is 0 Å². The third-order valence-electron chi connectivity index (χ3n) is 9.94. The number of thiophene rings is 1. The van der Waals surface area contributed by atoms with Gasteiger partial charge in [0.1, 0.15) is 24.3 Å². The van der Waals surface area contributed by atoms with Gasteiger partial charge in [0.2, 0.25) is 5.91 Å². The number of aliphatic imine (C=N–C) groups is 1. The summed E-state index contributed by atoms with van der Waals surface area (Å²) in [4.78, 5) is 118. The summed E-state index contributed by atoms with van der Waals surface area (Å²) in [5.41, 5.74) is 0.454. The average molecular weight is 945 g/mol. The molecule has 26 heteroatoms. The summed E-state index contributed by atoms with van der Waals surface area (Å²) in [6.07, 6.45) is 0.577. The molecule has 1 aliphatic heterocycles. The maximum absolute atomic E-state index is 13.6. The Balaban J connectivity index is 1.41. The lowest BCUT2D eigenvalue weighted by Gasteiger charge is -2.29. The molecule has 25 nitrogen and oxygen atoms in total. The predicted octanol–water partition coefficient (Wildman–Crippen LogP) is -1.42. The van der Waals surface area contributed by atoms with Crippen LogP contribution in [0.25, 0.3) is 10.1 Å². The predicted molar refractivity (Wildman–Crippen MR) is 232 cm³/mol. The molecule has 2 unspecified atom stereocenters. The Morgan fingerprint density at radius 1 is 0.727 bits per heavy atom. The number of carbonyl (C=O) groups is 9. The molecule has 10 N–H and O–H groups in total. The summed E-state index contributed by atoms with van der Waals surface area (Å²) < 4.78 is 6.28. The Bertz CT molecular complexity index is 2250. The van der Waals surface area contributed by atoms with Crippen molar-refractivity contribution in [3.8, 4) is 0 Å². The fourth-order valence-electron chi connectivity index (χ4n) is 6.68. The highest BCUT2D eigenvalue weighted by Crippen LogP contribution is 2.26. The molecule has 1 aliphatic rings. The van der Waals surface area contributed by atoms with E-state index in [9.17, 15) is 63.6 Å². The van der Waals surface area contributed by atoms with Crippen LogP contribution in [0.5, 0.6) is 0 Å². The van der Waals surface area contributed by atoms with Crippen LogP contribution in [0.15, 0.2) is 45.2 Å². The van der Waals surface area contributed by atoms with Crippen LogP contribution >= 0.6 is 11.3 Å². The molecular formula is C40H52N10O15S. The largest absolute Gasteiger partial charge is 0.480 e. The Morgan fingerprint density at radius 2 is 1.38 bits per heavy atom. The number of carboxylic acid groups (broad SMARTS) is 5. The van der Waals surface area contributed by atoms with Gasteiger partial charge in [-0.25, -0.2) is 9.59 Å². The zero-order valence-corrected chi connectivity index (χ0v) is 36.4. The smallest absolute Gasteiger partial charge is 0.326 e. The van der Waals surface area contributed by atoms with E-state index in [2.05, 4.69) is 31.4 Å². The van der Waals surface area contributed by atoms with Crippen molar-refractivity contribution in [1.82, 2.24) is 46.4 Å². The van der Waals surface area contributed by atoms with E-state index < -0.39 is 78.8 Å². The van der Waals surface area contributed by atoms with Gasteiger partial charge in [-0.1, -0.05) is 23.4 Å². The number of nitrogens with zero attached hydrogens (tertiary/aromatic N) is 5. The number of aliphatic carboxylic acids is 5. The second kappa shape index (κ2) is 26.1. The van der Waals surface area contributed by atoms with Crippen LogP contribution in [0.1, 0.15) is 41.1 Å². The Morgan fingerprint density at radius 3 is 2.05 bits per heavy atom. The summed E-state index contributed by atoms with van der Waals surface area (Å²) in [6.45, 7) is -1.86. The summed E-state index contributed by atoms with van der Waals surface area (Å²) in [7, 11) is 0. The summed E-state index contributed by atoms with van der Waals surface area (Å²) in [5, 5.41) is 65.4. The van der Waals surface area contributed by atoms with Crippen LogP contribution in [0.3, 0.4) is 0 Å². The molecule has 4 rings (SSSR count). The van der Waals surface area contributed by atoms with Crippen LogP contribution in [0.4, 0.5) is 4.79 Å². The third kappa shape index (κ3) is 17.9. The van der Waals surface area contributed by atoms with E-state index in [0.717, 1.165) is 15.6 Å². The number of nitrogens with one attached hydrogen (secondary N) is 5. The molecule has 2 atom stereocenters. The Hall–Kier alpha value is -7.03. The molecule has 0 fully saturated rings. The first-order valence-corrected chi connectivity index (χ1v) is 21.5. The van der Waals surface area contributed by atoms with Gasteiger partial charge in [-0.2, -0.15) is 0 Å². The quantitative estimate of drug-likeness (QED) is 0.0488. The number of aromatic nitrogens is 1. The van der Waals surface area contributed by atoms with Gasteiger partial charge in [0.15, 0.2) is 11.5 Å². The number of hydrogen-bond acceptors (Lipinski definition) is 16. The first kappa shape index (κ1) is 51.6.